The third-order valence-electron chi connectivity index (χ3n) is 6.35. The topological polar surface area (TPSA) is 51.0 Å². The number of halogens is 1. The van der Waals surface area contributed by atoms with Crippen LogP contribution in [0, 0.1) is 5.92 Å². The van der Waals surface area contributed by atoms with Crippen molar-refractivity contribution < 1.29 is 31.9 Å². The standard InChI is InChI=1S/C21H31NO3.ClH/c1-20(2)13-8-14-22(20)15-16-25-19(23)21(24,18-11-6-7-12-18)17-9-4-3-5-10-17;/h3-5,9-10,18,24H,6-8,11-16H2,1-2H3;1H. The van der Waals surface area contributed by atoms with Crippen LogP contribution in [0.15, 0.2) is 30.3 Å². The van der Waals surface area contributed by atoms with Crippen LogP contribution in [-0.2, 0) is 15.1 Å². The molecule has 3 rings (SSSR count). The second kappa shape index (κ2) is 8.73. The molecule has 4 nitrogen and oxygen atoms in total. The van der Waals surface area contributed by atoms with Gasteiger partial charge in [-0.15, -0.1) is 0 Å². The minimum atomic E-state index is -1.51. The molecule has 1 aliphatic heterocycles. The molecule has 0 spiro atoms. The largest absolute Gasteiger partial charge is 1.00 e. The molecule has 1 heterocycles. The van der Waals surface area contributed by atoms with Crippen LogP contribution in [-0.4, -0.2) is 36.3 Å². The molecule has 0 bridgehead atoms. The number of rotatable bonds is 6. The maximum atomic E-state index is 12.9. The Hall–Kier alpha value is -1.10. The molecule has 1 saturated carbocycles. The fraction of sp³-hybridized carbons (Fsp3) is 0.667. The lowest BCUT2D eigenvalue weighted by Gasteiger charge is -2.33. The summed E-state index contributed by atoms with van der Waals surface area (Å²) in [5.41, 5.74) is -0.581. The van der Waals surface area contributed by atoms with Crippen LogP contribution in [0.4, 0.5) is 0 Å². The summed E-state index contributed by atoms with van der Waals surface area (Å²) in [6, 6.07) is 9.34. The molecule has 0 radical (unpaired) electrons. The third kappa shape index (κ3) is 4.24. The molecule has 2 atom stereocenters. The summed E-state index contributed by atoms with van der Waals surface area (Å²) in [7, 11) is 0. The molecule has 1 saturated heterocycles. The highest BCUT2D eigenvalue weighted by Crippen LogP contribution is 2.41. The first-order valence-electron chi connectivity index (χ1n) is 9.75. The van der Waals surface area contributed by atoms with Gasteiger partial charge in [-0.25, -0.2) is 4.79 Å². The lowest BCUT2D eigenvalue weighted by molar-refractivity contribution is -0.935. The molecule has 2 unspecified atom stereocenters. The molecule has 0 aromatic heterocycles. The van der Waals surface area contributed by atoms with Crippen molar-refractivity contribution in [2.24, 2.45) is 5.92 Å². The highest BCUT2D eigenvalue weighted by Gasteiger charge is 2.48. The predicted molar refractivity (Wildman–Crippen MR) is 97.3 cm³/mol. The van der Waals surface area contributed by atoms with Gasteiger partial charge in [-0.2, -0.15) is 0 Å². The van der Waals surface area contributed by atoms with Crippen LogP contribution < -0.4 is 17.3 Å². The highest BCUT2D eigenvalue weighted by molar-refractivity contribution is 5.81. The van der Waals surface area contributed by atoms with E-state index in [1.807, 2.05) is 30.3 Å². The van der Waals surface area contributed by atoms with Crippen molar-refractivity contribution in [3.05, 3.63) is 35.9 Å². The maximum absolute atomic E-state index is 12.9. The van der Waals surface area contributed by atoms with Gasteiger partial charge in [0.15, 0.2) is 5.60 Å². The average Bonchev–Trinajstić information content (AvgIpc) is 3.25. The van der Waals surface area contributed by atoms with E-state index in [0.717, 1.165) is 38.8 Å². The van der Waals surface area contributed by atoms with Gasteiger partial charge in [0, 0.05) is 18.8 Å². The highest BCUT2D eigenvalue weighted by atomic mass is 35.5. The molecule has 1 aromatic carbocycles. The van der Waals surface area contributed by atoms with E-state index in [9.17, 15) is 9.90 Å². The molecule has 146 valence electrons. The zero-order valence-corrected chi connectivity index (χ0v) is 16.7. The first-order chi connectivity index (χ1) is 11.9. The number of benzene rings is 1. The second-order valence-corrected chi connectivity index (χ2v) is 8.34. The Balaban J connectivity index is 0.00000243. The van der Waals surface area contributed by atoms with Crippen molar-refractivity contribution in [3.63, 3.8) is 0 Å². The lowest BCUT2D eigenvalue weighted by Crippen LogP contribution is -3.17. The van der Waals surface area contributed by atoms with E-state index in [2.05, 4.69) is 13.8 Å². The number of carbonyl (C=O) groups is 1. The average molecular weight is 382 g/mol. The molecule has 26 heavy (non-hydrogen) atoms. The van der Waals surface area contributed by atoms with Gasteiger partial charge in [-0.05, 0) is 32.3 Å². The van der Waals surface area contributed by atoms with Gasteiger partial charge in [0.25, 0.3) is 0 Å². The van der Waals surface area contributed by atoms with Gasteiger partial charge in [0.05, 0.1) is 12.1 Å². The van der Waals surface area contributed by atoms with Gasteiger partial charge < -0.3 is 27.2 Å². The number of carbonyl (C=O) groups excluding carboxylic acids is 1. The van der Waals surface area contributed by atoms with E-state index in [0.29, 0.717) is 12.2 Å². The van der Waals surface area contributed by atoms with Crippen LogP contribution in [0.5, 0.6) is 0 Å². The van der Waals surface area contributed by atoms with Crippen LogP contribution in [0.3, 0.4) is 0 Å². The van der Waals surface area contributed by atoms with Crippen molar-refractivity contribution >= 4 is 5.97 Å². The SMILES string of the molecule is CC1(C)CCC[NH+]1CCOC(=O)C(O)(c1ccccc1)C1CCCC1.[Cl-]. The zero-order chi connectivity index (χ0) is 17.9. The second-order valence-electron chi connectivity index (χ2n) is 8.34. The number of nitrogens with one attached hydrogen (secondary N) is 1. The Kier molecular flexibility index (Phi) is 7.12. The molecule has 2 N–H and O–H groups in total. The number of likely N-dealkylation sites (tertiary alicyclic amines) is 1. The van der Waals surface area contributed by atoms with Gasteiger partial charge >= 0.3 is 5.97 Å². The van der Waals surface area contributed by atoms with E-state index in [1.54, 1.807) is 0 Å². The Morgan fingerprint density at radius 2 is 1.88 bits per heavy atom. The summed E-state index contributed by atoms with van der Waals surface area (Å²) >= 11 is 0. The van der Waals surface area contributed by atoms with Crippen LogP contribution in [0.25, 0.3) is 0 Å². The number of hydrogen-bond donors (Lipinski definition) is 2. The van der Waals surface area contributed by atoms with Crippen molar-refractivity contribution in [1.29, 1.82) is 0 Å². The Morgan fingerprint density at radius 3 is 2.46 bits per heavy atom. The summed E-state index contributed by atoms with van der Waals surface area (Å²) in [6.45, 7) is 6.87. The van der Waals surface area contributed by atoms with E-state index in [4.69, 9.17) is 4.74 Å². The Labute approximate surface area is 163 Å². The minimum absolute atomic E-state index is 0. The molecule has 1 aromatic rings. The van der Waals surface area contributed by atoms with E-state index in [-0.39, 0.29) is 23.9 Å². The first-order valence-corrected chi connectivity index (χ1v) is 9.75. The number of aliphatic hydroxyl groups is 1. The fourth-order valence-corrected chi connectivity index (χ4v) is 4.66. The monoisotopic (exact) mass is 381 g/mol. The third-order valence-corrected chi connectivity index (χ3v) is 6.35. The minimum Gasteiger partial charge on any atom is -1.00 e. The first kappa shape index (κ1) is 21.2. The molecular weight excluding hydrogens is 350 g/mol. The summed E-state index contributed by atoms with van der Waals surface area (Å²) < 4.78 is 5.62. The molecule has 2 fully saturated rings. The fourth-order valence-electron chi connectivity index (χ4n) is 4.66. The lowest BCUT2D eigenvalue weighted by atomic mass is 9.80. The summed E-state index contributed by atoms with van der Waals surface area (Å²) in [5, 5.41) is 11.4. The Morgan fingerprint density at radius 1 is 1.23 bits per heavy atom. The van der Waals surface area contributed by atoms with E-state index >= 15 is 0 Å². The molecule has 5 heteroatoms. The van der Waals surface area contributed by atoms with E-state index in [1.165, 1.54) is 17.7 Å². The number of ether oxygens (including phenoxy) is 1. The zero-order valence-electron chi connectivity index (χ0n) is 16.0. The van der Waals surface area contributed by atoms with Crippen LogP contribution >= 0.6 is 0 Å². The summed E-state index contributed by atoms with van der Waals surface area (Å²) in [4.78, 5) is 14.4. The molecule has 0 amide bonds. The quantitative estimate of drug-likeness (QED) is 0.626. The normalized spacial score (nSPS) is 24.7. The number of esters is 1. The summed E-state index contributed by atoms with van der Waals surface area (Å²) in [5.74, 6) is -0.514. The smallest absolute Gasteiger partial charge is 0.343 e. The number of hydrogen-bond acceptors (Lipinski definition) is 3. The van der Waals surface area contributed by atoms with Crippen LogP contribution in [0.1, 0.15) is 57.9 Å². The maximum Gasteiger partial charge on any atom is 0.343 e. The van der Waals surface area contributed by atoms with Crippen molar-refractivity contribution in [2.75, 3.05) is 19.7 Å². The van der Waals surface area contributed by atoms with Gasteiger partial charge in [0.1, 0.15) is 13.2 Å². The van der Waals surface area contributed by atoms with Crippen LogP contribution in [0.2, 0.25) is 0 Å². The Bertz CT molecular complexity index is 586. The summed E-state index contributed by atoms with van der Waals surface area (Å²) in [6.07, 6.45) is 6.34. The van der Waals surface area contributed by atoms with Gasteiger partial charge in [0.2, 0.25) is 0 Å². The van der Waals surface area contributed by atoms with Crippen molar-refractivity contribution in [2.45, 2.75) is 63.5 Å². The molecular formula is C21H32ClNO3. The molecule has 2 aliphatic rings. The number of quaternary nitrogens is 1. The van der Waals surface area contributed by atoms with Crippen molar-refractivity contribution in [3.8, 4) is 0 Å². The van der Waals surface area contributed by atoms with Gasteiger partial charge in [-0.1, -0.05) is 43.2 Å². The van der Waals surface area contributed by atoms with Crippen molar-refractivity contribution in [1.82, 2.24) is 0 Å². The predicted octanol–water partition coefficient (Wildman–Crippen LogP) is -0.931. The van der Waals surface area contributed by atoms with Gasteiger partial charge in [-0.3, -0.25) is 0 Å². The van der Waals surface area contributed by atoms with E-state index < -0.39 is 11.6 Å². The molecule has 1 aliphatic carbocycles.